The van der Waals surface area contributed by atoms with Crippen molar-refractivity contribution < 1.29 is 4.79 Å². The number of carbonyl (C=O) groups is 1. The molecule has 31 heavy (non-hydrogen) atoms. The van der Waals surface area contributed by atoms with Crippen LogP contribution in [0.5, 0.6) is 0 Å². The van der Waals surface area contributed by atoms with Crippen LogP contribution in [-0.4, -0.2) is 26.1 Å². The number of halogens is 2. The SMILES string of the molecule is CCC(=O)Nc1cc(-c2sc(-c3ncn[nH]3)c(-c3ccc(Cl)cc3Cl)c2C#N)ccn1. The molecule has 154 valence electrons. The first-order valence-corrected chi connectivity index (χ1v) is 10.7. The summed E-state index contributed by atoms with van der Waals surface area (Å²) in [4.78, 5) is 21.6. The Hall–Kier alpha value is -3.25. The number of benzene rings is 1. The summed E-state index contributed by atoms with van der Waals surface area (Å²) < 4.78 is 0. The van der Waals surface area contributed by atoms with Gasteiger partial charge in [-0.25, -0.2) is 9.97 Å². The Morgan fingerprint density at radius 1 is 1.23 bits per heavy atom. The molecule has 0 aliphatic heterocycles. The van der Waals surface area contributed by atoms with Gasteiger partial charge in [0.05, 0.1) is 15.3 Å². The predicted octanol–water partition coefficient (Wildman–Crippen LogP) is 5.79. The summed E-state index contributed by atoms with van der Waals surface area (Å²) in [6.07, 6.45) is 3.33. The molecule has 3 heterocycles. The molecule has 0 fully saturated rings. The minimum atomic E-state index is -0.146. The van der Waals surface area contributed by atoms with E-state index in [1.54, 1.807) is 43.5 Å². The van der Waals surface area contributed by atoms with E-state index in [2.05, 4.69) is 31.6 Å². The van der Waals surface area contributed by atoms with Crippen molar-refractivity contribution >= 4 is 46.3 Å². The van der Waals surface area contributed by atoms with E-state index in [0.29, 0.717) is 54.6 Å². The highest BCUT2D eigenvalue weighted by Gasteiger charge is 2.25. The van der Waals surface area contributed by atoms with E-state index in [1.165, 1.54) is 17.7 Å². The van der Waals surface area contributed by atoms with Crippen LogP contribution in [0.4, 0.5) is 5.82 Å². The second-order valence-electron chi connectivity index (χ2n) is 6.41. The maximum absolute atomic E-state index is 11.8. The molecule has 0 bridgehead atoms. The number of rotatable bonds is 5. The Bertz CT molecular complexity index is 1310. The Morgan fingerprint density at radius 2 is 2.06 bits per heavy atom. The van der Waals surface area contributed by atoms with Crippen LogP contribution >= 0.6 is 34.5 Å². The Morgan fingerprint density at radius 3 is 2.74 bits per heavy atom. The summed E-state index contributed by atoms with van der Waals surface area (Å²) in [7, 11) is 0. The molecule has 4 aromatic rings. The maximum Gasteiger partial charge on any atom is 0.225 e. The fraction of sp³-hybridized carbons (Fsp3) is 0.0952. The molecular weight excluding hydrogens is 455 g/mol. The molecule has 1 aromatic carbocycles. The Kier molecular flexibility index (Phi) is 6.00. The van der Waals surface area contributed by atoms with Gasteiger partial charge in [0.1, 0.15) is 18.2 Å². The smallest absolute Gasteiger partial charge is 0.225 e. The van der Waals surface area contributed by atoms with Crippen LogP contribution in [0.3, 0.4) is 0 Å². The maximum atomic E-state index is 11.8. The van der Waals surface area contributed by atoms with E-state index >= 15 is 0 Å². The summed E-state index contributed by atoms with van der Waals surface area (Å²) in [5.74, 6) is 0.781. The molecule has 0 radical (unpaired) electrons. The van der Waals surface area contributed by atoms with E-state index in [4.69, 9.17) is 23.2 Å². The summed E-state index contributed by atoms with van der Waals surface area (Å²) in [6.45, 7) is 1.76. The van der Waals surface area contributed by atoms with Crippen molar-refractivity contribution in [2.45, 2.75) is 13.3 Å². The summed E-state index contributed by atoms with van der Waals surface area (Å²) in [5.41, 5.74) is 2.46. The zero-order valence-electron chi connectivity index (χ0n) is 16.1. The summed E-state index contributed by atoms with van der Waals surface area (Å²) in [5, 5.41) is 20.5. The van der Waals surface area contributed by atoms with Gasteiger partial charge < -0.3 is 5.32 Å². The van der Waals surface area contributed by atoms with Gasteiger partial charge in [-0.1, -0.05) is 36.2 Å². The van der Waals surface area contributed by atoms with E-state index < -0.39 is 0 Å². The third-order valence-corrected chi connectivity index (χ3v) is 6.25. The van der Waals surface area contributed by atoms with Crippen molar-refractivity contribution in [2.75, 3.05) is 5.32 Å². The molecule has 0 saturated carbocycles. The van der Waals surface area contributed by atoms with Gasteiger partial charge in [0.15, 0.2) is 5.82 Å². The number of carbonyl (C=O) groups excluding carboxylic acids is 1. The minimum Gasteiger partial charge on any atom is -0.311 e. The highest BCUT2D eigenvalue weighted by Crippen LogP contribution is 2.48. The molecule has 0 aliphatic rings. The van der Waals surface area contributed by atoms with Crippen molar-refractivity contribution in [1.82, 2.24) is 20.2 Å². The molecule has 0 atom stereocenters. The van der Waals surface area contributed by atoms with Crippen LogP contribution in [0, 0.1) is 11.3 Å². The lowest BCUT2D eigenvalue weighted by molar-refractivity contribution is -0.115. The van der Waals surface area contributed by atoms with Crippen LogP contribution in [-0.2, 0) is 4.79 Å². The predicted molar refractivity (Wildman–Crippen MR) is 122 cm³/mol. The molecular formula is C21H14Cl2N6OS. The van der Waals surface area contributed by atoms with Crippen LogP contribution in [0.2, 0.25) is 10.0 Å². The van der Waals surface area contributed by atoms with Crippen LogP contribution in [0.1, 0.15) is 18.9 Å². The number of amides is 1. The monoisotopic (exact) mass is 468 g/mol. The fourth-order valence-corrected chi connectivity index (χ4v) is 4.75. The summed E-state index contributed by atoms with van der Waals surface area (Å²) in [6, 6.07) is 10.9. The Balaban J connectivity index is 1.94. The first-order valence-electron chi connectivity index (χ1n) is 9.16. The average Bonchev–Trinajstić information content (AvgIpc) is 3.41. The van der Waals surface area contributed by atoms with Gasteiger partial charge in [0, 0.05) is 33.8 Å². The number of aromatic nitrogens is 4. The molecule has 0 spiro atoms. The number of pyridine rings is 1. The van der Waals surface area contributed by atoms with Gasteiger partial charge >= 0.3 is 0 Å². The van der Waals surface area contributed by atoms with E-state index in [1.807, 2.05) is 0 Å². The molecule has 2 N–H and O–H groups in total. The van der Waals surface area contributed by atoms with E-state index in [-0.39, 0.29) is 5.91 Å². The quantitative estimate of drug-likeness (QED) is 0.385. The molecule has 1 amide bonds. The lowest BCUT2D eigenvalue weighted by Crippen LogP contribution is -2.10. The largest absolute Gasteiger partial charge is 0.311 e. The van der Waals surface area contributed by atoms with E-state index in [9.17, 15) is 10.1 Å². The standard InChI is InChI=1S/C21H14Cl2N6OS/c1-2-17(30)28-16-7-11(5-6-25-16)19-14(9-24)18(13-4-3-12(22)8-15(13)23)20(31-19)21-26-10-27-29-21/h3-8,10H,2H2,1H3,(H,25,28,30)(H,26,27,29). The van der Waals surface area contributed by atoms with Gasteiger partial charge in [-0.15, -0.1) is 11.3 Å². The van der Waals surface area contributed by atoms with Gasteiger partial charge in [0.2, 0.25) is 5.91 Å². The molecule has 0 unspecified atom stereocenters. The van der Waals surface area contributed by atoms with Crippen molar-refractivity contribution in [3.8, 4) is 38.3 Å². The highest BCUT2D eigenvalue weighted by molar-refractivity contribution is 7.19. The third kappa shape index (κ3) is 4.16. The zero-order chi connectivity index (χ0) is 22.0. The normalized spacial score (nSPS) is 10.6. The van der Waals surface area contributed by atoms with Crippen molar-refractivity contribution in [2.24, 2.45) is 0 Å². The molecule has 4 rings (SSSR count). The van der Waals surface area contributed by atoms with Crippen LogP contribution in [0.15, 0.2) is 42.9 Å². The number of nitrogens with one attached hydrogen (secondary N) is 2. The highest BCUT2D eigenvalue weighted by atomic mass is 35.5. The lowest BCUT2D eigenvalue weighted by Gasteiger charge is -2.07. The fourth-order valence-electron chi connectivity index (χ4n) is 3.04. The number of hydrogen-bond donors (Lipinski definition) is 2. The van der Waals surface area contributed by atoms with Crippen LogP contribution < -0.4 is 5.32 Å². The summed E-state index contributed by atoms with van der Waals surface area (Å²) >= 11 is 13.9. The first-order chi connectivity index (χ1) is 15.0. The topological polar surface area (TPSA) is 107 Å². The minimum absolute atomic E-state index is 0.146. The first kappa shape index (κ1) is 21.0. The second-order valence-corrected chi connectivity index (χ2v) is 8.28. The average molecular weight is 469 g/mol. The molecule has 7 nitrogen and oxygen atoms in total. The van der Waals surface area contributed by atoms with Crippen molar-refractivity contribution in [3.63, 3.8) is 0 Å². The molecule has 3 aromatic heterocycles. The number of H-pyrrole nitrogens is 1. The number of aromatic amines is 1. The number of nitrogens with zero attached hydrogens (tertiary/aromatic N) is 4. The second kappa shape index (κ2) is 8.86. The molecule has 0 aliphatic carbocycles. The van der Waals surface area contributed by atoms with Gasteiger partial charge in [-0.3, -0.25) is 9.89 Å². The van der Waals surface area contributed by atoms with Crippen LogP contribution in [0.25, 0.3) is 32.3 Å². The molecule has 10 heteroatoms. The van der Waals surface area contributed by atoms with Gasteiger partial charge in [-0.2, -0.15) is 10.4 Å². The molecule has 0 saturated heterocycles. The number of thiophene rings is 1. The van der Waals surface area contributed by atoms with Crippen molar-refractivity contribution in [3.05, 3.63) is 58.5 Å². The van der Waals surface area contributed by atoms with Gasteiger partial charge in [0.25, 0.3) is 0 Å². The van der Waals surface area contributed by atoms with Gasteiger partial charge in [-0.05, 0) is 29.8 Å². The number of hydrogen-bond acceptors (Lipinski definition) is 6. The van der Waals surface area contributed by atoms with E-state index in [0.717, 1.165) is 5.56 Å². The Labute approximate surface area is 191 Å². The number of nitriles is 1. The number of anilines is 1. The van der Waals surface area contributed by atoms with Crippen molar-refractivity contribution in [1.29, 1.82) is 5.26 Å². The zero-order valence-corrected chi connectivity index (χ0v) is 18.4. The third-order valence-electron chi connectivity index (χ3n) is 4.46. The lowest BCUT2D eigenvalue weighted by atomic mass is 9.98.